The van der Waals surface area contributed by atoms with Crippen LogP contribution in [0.3, 0.4) is 0 Å². The van der Waals surface area contributed by atoms with Crippen molar-refractivity contribution in [3.05, 3.63) is 29.5 Å². The third-order valence-corrected chi connectivity index (χ3v) is 2.96. The molecule has 0 aliphatic carbocycles. The van der Waals surface area contributed by atoms with Gasteiger partial charge in [0.2, 0.25) is 0 Å². The first-order chi connectivity index (χ1) is 7.25. The van der Waals surface area contributed by atoms with Crippen LogP contribution < -0.4 is 0 Å². The third kappa shape index (κ3) is 2.33. The number of nitrogens with zero attached hydrogens (tertiary/aromatic N) is 1. The van der Waals surface area contributed by atoms with Crippen molar-refractivity contribution in [2.75, 3.05) is 6.54 Å². The minimum atomic E-state index is 0. The highest BCUT2D eigenvalue weighted by Crippen LogP contribution is 2.28. The molecule has 0 radical (unpaired) electrons. The van der Waals surface area contributed by atoms with Crippen LogP contribution in [0.25, 0.3) is 10.9 Å². The van der Waals surface area contributed by atoms with Crippen LogP contribution in [0.5, 0.6) is 5.75 Å². The van der Waals surface area contributed by atoms with Crippen LogP contribution in [0.2, 0.25) is 0 Å². The fourth-order valence-electron chi connectivity index (χ4n) is 2.23. The van der Waals surface area contributed by atoms with Gasteiger partial charge in [0.25, 0.3) is 0 Å². The Morgan fingerprint density at radius 3 is 2.72 bits per heavy atom. The molecule has 2 heterocycles. The van der Waals surface area contributed by atoms with Gasteiger partial charge in [-0.1, -0.05) is 0 Å². The number of fused-ring (bicyclic) bond motifs is 3. The van der Waals surface area contributed by atoms with Crippen LogP contribution in [0.1, 0.15) is 18.2 Å². The summed E-state index contributed by atoms with van der Waals surface area (Å²) >= 11 is 0. The molecule has 5 nitrogen and oxygen atoms in total. The lowest BCUT2D eigenvalue weighted by Gasteiger charge is -2.08. The lowest BCUT2D eigenvalue weighted by molar-refractivity contribution is 0.476. The Morgan fingerprint density at radius 2 is 2.00 bits per heavy atom. The van der Waals surface area contributed by atoms with Crippen molar-refractivity contribution in [3.8, 4) is 5.75 Å². The van der Waals surface area contributed by atoms with Crippen molar-refractivity contribution < 1.29 is 16.1 Å². The highest BCUT2D eigenvalue weighted by Gasteiger charge is 2.16. The van der Waals surface area contributed by atoms with Gasteiger partial charge in [-0.15, -0.1) is 12.4 Å². The summed E-state index contributed by atoms with van der Waals surface area (Å²) in [4.78, 5) is 7.73. The number of aromatic amines is 1. The van der Waals surface area contributed by atoms with Crippen molar-refractivity contribution in [2.45, 2.75) is 13.3 Å². The van der Waals surface area contributed by atoms with E-state index in [0.29, 0.717) is 5.75 Å². The molecule has 1 aliphatic rings. The highest BCUT2D eigenvalue weighted by molar-refractivity contribution is 6.05. The largest absolute Gasteiger partial charge is 0.508 e. The predicted molar refractivity (Wildman–Crippen MR) is 75.2 cm³/mol. The number of H-pyrrole nitrogens is 1. The quantitative estimate of drug-likeness (QED) is 0.733. The molecule has 0 bridgehead atoms. The van der Waals surface area contributed by atoms with Gasteiger partial charge in [0.15, 0.2) is 0 Å². The number of hydrogen-bond acceptors (Lipinski definition) is 2. The van der Waals surface area contributed by atoms with E-state index in [1.165, 1.54) is 10.9 Å². The van der Waals surface area contributed by atoms with Crippen LogP contribution in [0.4, 0.5) is 0 Å². The summed E-state index contributed by atoms with van der Waals surface area (Å²) in [6, 6.07) is 5.47. The van der Waals surface area contributed by atoms with Crippen molar-refractivity contribution in [3.63, 3.8) is 0 Å². The van der Waals surface area contributed by atoms with Crippen molar-refractivity contribution in [2.24, 2.45) is 4.99 Å². The van der Waals surface area contributed by atoms with Gasteiger partial charge in [-0.3, -0.25) is 4.99 Å². The summed E-state index contributed by atoms with van der Waals surface area (Å²) in [7, 11) is 0. The molecule has 0 saturated carbocycles. The normalized spacial score (nSPS) is 12.6. The summed E-state index contributed by atoms with van der Waals surface area (Å²) in [5, 5.41) is 10.6. The fourth-order valence-corrected chi connectivity index (χ4v) is 2.23. The average molecular weight is 273 g/mol. The second kappa shape index (κ2) is 5.86. The highest BCUT2D eigenvalue weighted by atomic mass is 35.5. The van der Waals surface area contributed by atoms with E-state index in [4.69, 9.17) is 0 Å². The molecular weight excluding hydrogens is 256 g/mol. The first-order valence-electron chi connectivity index (χ1n) is 5.11. The number of rotatable bonds is 0. The van der Waals surface area contributed by atoms with Gasteiger partial charge < -0.3 is 21.0 Å². The van der Waals surface area contributed by atoms with E-state index < -0.39 is 0 Å². The number of phenolic OH excluding ortho intramolecular Hbond substituents is 1. The molecular formula is C12H17ClN2O3. The van der Waals surface area contributed by atoms with E-state index in [2.05, 4.69) is 9.98 Å². The monoisotopic (exact) mass is 272 g/mol. The third-order valence-electron chi connectivity index (χ3n) is 2.96. The topological polar surface area (TPSA) is 111 Å². The molecule has 1 aromatic carbocycles. The van der Waals surface area contributed by atoms with Crippen molar-refractivity contribution in [1.29, 1.82) is 0 Å². The maximum Gasteiger partial charge on any atom is 0.117 e. The number of nitrogens with one attached hydrogen (secondary N) is 1. The number of aromatic nitrogens is 1. The van der Waals surface area contributed by atoms with Gasteiger partial charge in [-0.2, -0.15) is 0 Å². The summed E-state index contributed by atoms with van der Waals surface area (Å²) in [5.41, 5.74) is 4.52. The van der Waals surface area contributed by atoms with E-state index in [9.17, 15) is 5.11 Å². The Kier molecular flexibility index (Phi) is 5.35. The Bertz CT molecular complexity index is 578. The second-order valence-corrected chi connectivity index (χ2v) is 3.93. The molecule has 0 fully saturated rings. The molecule has 0 saturated heterocycles. The maximum atomic E-state index is 9.41. The van der Waals surface area contributed by atoms with E-state index in [1.807, 2.05) is 13.0 Å². The molecule has 1 aliphatic heterocycles. The average Bonchev–Trinajstić information content (AvgIpc) is 2.57. The van der Waals surface area contributed by atoms with Crippen LogP contribution >= 0.6 is 12.4 Å². The van der Waals surface area contributed by atoms with E-state index >= 15 is 0 Å². The van der Waals surface area contributed by atoms with Gasteiger partial charge in [0.05, 0.1) is 11.4 Å². The molecule has 0 atom stereocenters. The van der Waals surface area contributed by atoms with E-state index in [0.717, 1.165) is 29.9 Å². The molecule has 0 amide bonds. The van der Waals surface area contributed by atoms with Gasteiger partial charge >= 0.3 is 0 Å². The molecule has 100 valence electrons. The minimum absolute atomic E-state index is 0. The summed E-state index contributed by atoms with van der Waals surface area (Å²) in [5.74, 6) is 0.302. The number of benzene rings is 1. The number of halogens is 1. The van der Waals surface area contributed by atoms with Gasteiger partial charge in [0.1, 0.15) is 5.75 Å². The van der Waals surface area contributed by atoms with Crippen molar-refractivity contribution >= 4 is 29.0 Å². The smallest absolute Gasteiger partial charge is 0.117 e. The minimum Gasteiger partial charge on any atom is -0.508 e. The molecule has 0 unspecified atom stereocenters. The zero-order valence-corrected chi connectivity index (χ0v) is 10.8. The van der Waals surface area contributed by atoms with Crippen LogP contribution in [-0.4, -0.2) is 33.3 Å². The zero-order chi connectivity index (χ0) is 10.4. The lowest BCUT2D eigenvalue weighted by atomic mass is 10.0. The molecule has 6 heteroatoms. The SMILES string of the molecule is CC1=NCCc2c1[nH]c1cc(O)ccc21.Cl.O.O. The molecule has 2 aromatic rings. The van der Waals surface area contributed by atoms with E-state index in [-0.39, 0.29) is 23.4 Å². The Labute approximate surface area is 111 Å². The van der Waals surface area contributed by atoms with Crippen molar-refractivity contribution in [1.82, 2.24) is 4.98 Å². The van der Waals surface area contributed by atoms with Gasteiger partial charge in [-0.05, 0) is 31.0 Å². The Hall–Kier alpha value is -1.56. The number of aliphatic imine (C=N–C) groups is 1. The number of hydrogen-bond donors (Lipinski definition) is 2. The standard InChI is InChI=1S/C12H12N2O.ClH.2H2O/c1-7-12-10(4-5-13-7)9-3-2-8(15)6-11(9)14-12;;;/h2-3,6,14-15H,4-5H2,1H3;1H;2*1H2. The molecule has 6 N–H and O–H groups in total. The Morgan fingerprint density at radius 1 is 1.28 bits per heavy atom. The first kappa shape index (κ1) is 16.4. The maximum absolute atomic E-state index is 9.41. The summed E-state index contributed by atoms with van der Waals surface area (Å²) < 4.78 is 0. The lowest BCUT2D eigenvalue weighted by Crippen LogP contribution is -2.08. The molecule has 1 aromatic heterocycles. The number of aromatic hydroxyl groups is 1. The fraction of sp³-hybridized carbons (Fsp3) is 0.250. The summed E-state index contributed by atoms with van der Waals surface area (Å²) in [6.07, 6.45) is 0.984. The zero-order valence-electron chi connectivity index (χ0n) is 9.95. The first-order valence-corrected chi connectivity index (χ1v) is 5.11. The predicted octanol–water partition coefficient (Wildman–Crippen LogP) is 1.01. The van der Waals surface area contributed by atoms with Crippen LogP contribution in [0.15, 0.2) is 23.2 Å². The van der Waals surface area contributed by atoms with Gasteiger partial charge in [-0.25, -0.2) is 0 Å². The van der Waals surface area contributed by atoms with Gasteiger partial charge in [0, 0.05) is 23.5 Å². The summed E-state index contributed by atoms with van der Waals surface area (Å²) in [6.45, 7) is 2.89. The van der Waals surface area contributed by atoms with Crippen LogP contribution in [0, 0.1) is 0 Å². The number of phenols is 1. The second-order valence-electron chi connectivity index (χ2n) is 3.93. The van der Waals surface area contributed by atoms with E-state index in [1.54, 1.807) is 12.1 Å². The molecule has 0 spiro atoms. The Balaban J connectivity index is 0.000000963. The van der Waals surface area contributed by atoms with Crippen LogP contribution in [-0.2, 0) is 6.42 Å². The molecule has 18 heavy (non-hydrogen) atoms. The molecule has 3 rings (SSSR count).